The average Bonchev–Trinajstić information content (AvgIpc) is 3.12. The maximum atomic E-state index is 14.2. The second-order valence-corrected chi connectivity index (χ2v) is 11.1. The summed E-state index contributed by atoms with van der Waals surface area (Å²) in [4.78, 5) is 0.293. The van der Waals surface area contributed by atoms with Crippen molar-refractivity contribution in [2.75, 3.05) is 6.54 Å². The fourth-order valence-corrected chi connectivity index (χ4v) is 6.05. The minimum absolute atomic E-state index is 0.124. The summed E-state index contributed by atoms with van der Waals surface area (Å²) < 4.78 is 30.0. The van der Waals surface area contributed by atoms with E-state index in [1.54, 1.807) is 16.4 Å². The van der Waals surface area contributed by atoms with Crippen LogP contribution in [0.3, 0.4) is 0 Å². The van der Waals surface area contributed by atoms with Gasteiger partial charge in [0.15, 0.2) is 0 Å². The molecule has 4 heteroatoms. The van der Waals surface area contributed by atoms with Crippen LogP contribution < -0.4 is 0 Å². The van der Waals surface area contributed by atoms with Crippen molar-refractivity contribution in [2.24, 2.45) is 0 Å². The molecule has 0 bridgehead atoms. The van der Waals surface area contributed by atoms with Crippen LogP contribution in [0, 0.1) is 13.8 Å². The molecule has 0 aromatic heterocycles. The zero-order chi connectivity index (χ0) is 25.1. The summed E-state index contributed by atoms with van der Waals surface area (Å²) in [5.74, 6) is -0.124. The van der Waals surface area contributed by atoms with Gasteiger partial charge in [0.25, 0.3) is 10.0 Å². The van der Waals surface area contributed by atoms with Gasteiger partial charge in [-0.3, -0.25) is 4.31 Å². The number of hydrogen-bond acceptors (Lipinski definition) is 2. The van der Waals surface area contributed by atoms with Crippen LogP contribution in [0.2, 0.25) is 0 Å². The lowest BCUT2D eigenvalue weighted by Crippen LogP contribution is -2.32. The largest absolute Gasteiger partial charge is 0.265 e. The van der Waals surface area contributed by atoms with Crippen molar-refractivity contribution in [3.8, 4) is 0 Å². The van der Waals surface area contributed by atoms with Crippen molar-refractivity contribution in [1.29, 1.82) is 0 Å². The van der Waals surface area contributed by atoms with E-state index >= 15 is 0 Å². The summed E-state index contributed by atoms with van der Waals surface area (Å²) in [6, 6.07) is 35.4. The monoisotopic (exact) mass is 491 g/mol. The Bertz CT molecular complexity index is 1500. The highest BCUT2D eigenvalue weighted by atomic mass is 32.2. The Morgan fingerprint density at radius 3 is 1.83 bits per heavy atom. The molecule has 3 nitrogen and oxygen atoms in total. The summed E-state index contributed by atoms with van der Waals surface area (Å²) in [6.07, 6.45) is 4.22. The summed E-state index contributed by atoms with van der Waals surface area (Å²) in [5.41, 5.74) is 6.82. The van der Waals surface area contributed by atoms with Crippen LogP contribution in [-0.2, 0) is 10.0 Å². The first kappa shape index (κ1) is 23.8. The Kier molecular flexibility index (Phi) is 6.62. The molecule has 0 N–H and O–H groups in total. The Hall–Kier alpha value is -3.89. The molecule has 1 aliphatic rings. The SMILES string of the molecule is Cc1ccc(C2=CC(c3ccccc3)=CC(c3ccccc3)CN2S(=O)(=O)c2ccc(C)cc2)cc1. The summed E-state index contributed by atoms with van der Waals surface area (Å²) in [5, 5.41) is 0. The zero-order valence-electron chi connectivity index (χ0n) is 20.5. The molecule has 1 atom stereocenters. The van der Waals surface area contributed by atoms with E-state index in [1.807, 2.05) is 92.7 Å². The van der Waals surface area contributed by atoms with Crippen LogP contribution >= 0.6 is 0 Å². The van der Waals surface area contributed by atoms with Gasteiger partial charge in [0, 0.05) is 12.5 Å². The number of aryl methyl sites for hydroxylation is 2. The van der Waals surface area contributed by atoms with Gasteiger partial charge < -0.3 is 0 Å². The van der Waals surface area contributed by atoms with Gasteiger partial charge in [-0.2, -0.15) is 0 Å². The molecule has 1 unspecified atom stereocenters. The Morgan fingerprint density at radius 2 is 1.22 bits per heavy atom. The van der Waals surface area contributed by atoms with Crippen molar-refractivity contribution in [3.63, 3.8) is 0 Å². The normalized spacial score (nSPS) is 16.2. The second kappa shape index (κ2) is 10.00. The lowest BCUT2D eigenvalue weighted by Gasteiger charge is -2.29. The molecule has 0 fully saturated rings. The first-order chi connectivity index (χ1) is 17.4. The van der Waals surface area contributed by atoms with Crippen LogP contribution in [0.1, 0.15) is 33.7 Å². The van der Waals surface area contributed by atoms with Crippen LogP contribution in [0.25, 0.3) is 11.3 Å². The number of hydrogen-bond donors (Lipinski definition) is 0. The second-order valence-electron chi connectivity index (χ2n) is 9.25. The van der Waals surface area contributed by atoms with Gasteiger partial charge >= 0.3 is 0 Å². The van der Waals surface area contributed by atoms with Crippen LogP contribution in [0.4, 0.5) is 0 Å². The predicted molar refractivity (Wildman–Crippen MR) is 148 cm³/mol. The van der Waals surface area contributed by atoms with Crippen molar-refractivity contribution in [1.82, 2.24) is 4.31 Å². The van der Waals surface area contributed by atoms with E-state index in [9.17, 15) is 8.42 Å². The molecule has 4 aromatic rings. The smallest absolute Gasteiger partial charge is 0.264 e. The lowest BCUT2D eigenvalue weighted by molar-refractivity contribution is 0.499. The lowest BCUT2D eigenvalue weighted by atomic mass is 9.94. The van der Waals surface area contributed by atoms with E-state index in [0.29, 0.717) is 17.1 Å². The van der Waals surface area contributed by atoms with Gasteiger partial charge in [0.1, 0.15) is 0 Å². The van der Waals surface area contributed by atoms with Crippen LogP contribution in [0.5, 0.6) is 0 Å². The summed E-state index contributed by atoms with van der Waals surface area (Å²) >= 11 is 0. The summed E-state index contributed by atoms with van der Waals surface area (Å²) in [7, 11) is -3.82. The van der Waals surface area contributed by atoms with Gasteiger partial charge in [-0.15, -0.1) is 0 Å². The molecule has 180 valence electrons. The number of rotatable bonds is 5. The first-order valence-electron chi connectivity index (χ1n) is 12.1. The standard InChI is InChI=1S/C32H29NO2S/c1-24-13-17-28(18-14-24)32-22-29(26-9-5-3-6-10-26)21-30(27-11-7-4-8-12-27)23-33(32)36(34,35)31-19-15-25(2)16-20-31/h3-22,30H,23H2,1-2H3. The molecule has 0 radical (unpaired) electrons. The topological polar surface area (TPSA) is 37.4 Å². The molecule has 0 spiro atoms. The number of benzene rings is 4. The maximum Gasteiger partial charge on any atom is 0.264 e. The van der Waals surface area contributed by atoms with Crippen molar-refractivity contribution in [2.45, 2.75) is 24.7 Å². The third-order valence-electron chi connectivity index (χ3n) is 6.60. The first-order valence-corrected chi connectivity index (χ1v) is 13.6. The van der Waals surface area contributed by atoms with E-state index in [0.717, 1.165) is 33.4 Å². The van der Waals surface area contributed by atoms with Gasteiger partial charge in [-0.25, -0.2) is 8.42 Å². The number of sulfonamides is 1. The van der Waals surface area contributed by atoms with E-state index < -0.39 is 10.0 Å². The number of nitrogens with zero attached hydrogens (tertiary/aromatic N) is 1. The molecule has 0 saturated carbocycles. The minimum atomic E-state index is -3.82. The fourth-order valence-electron chi connectivity index (χ4n) is 4.54. The van der Waals surface area contributed by atoms with Gasteiger partial charge in [-0.05, 0) is 54.3 Å². The Balaban J connectivity index is 1.73. The van der Waals surface area contributed by atoms with Crippen LogP contribution in [0.15, 0.2) is 126 Å². The van der Waals surface area contributed by atoms with Gasteiger partial charge in [-0.1, -0.05) is 114 Å². The summed E-state index contributed by atoms with van der Waals surface area (Å²) in [6.45, 7) is 4.30. The molecule has 0 saturated heterocycles. The molecule has 0 amide bonds. The Morgan fingerprint density at radius 1 is 0.667 bits per heavy atom. The van der Waals surface area contributed by atoms with E-state index in [4.69, 9.17) is 0 Å². The van der Waals surface area contributed by atoms with E-state index in [-0.39, 0.29) is 5.92 Å². The fraction of sp³-hybridized carbons (Fsp3) is 0.125. The Labute approximate surface area is 214 Å². The molecule has 4 aromatic carbocycles. The molecule has 0 aliphatic carbocycles. The highest BCUT2D eigenvalue weighted by Gasteiger charge is 2.32. The van der Waals surface area contributed by atoms with Crippen molar-refractivity contribution < 1.29 is 8.42 Å². The quantitative estimate of drug-likeness (QED) is 0.296. The van der Waals surface area contributed by atoms with Gasteiger partial charge in [0.05, 0.1) is 10.6 Å². The van der Waals surface area contributed by atoms with Crippen molar-refractivity contribution in [3.05, 3.63) is 149 Å². The highest BCUT2D eigenvalue weighted by molar-refractivity contribution is 7.89. The van der Waals surface area contributed by atoms with Crippen LogP contribution in [-0.4, -0.2) is 19.3 Å². The molecule has 1 aliphatic heterocycles. The maximum absolute atomic E-state index is 14.2. The van der Waals surface area contributed by atoms with E-state index in [2.05, 4.69) is 30.3 Å². The third-order valence-corrected chi connectivity index (χ3v) is 8.39. The zero-order valence-corrected chi connectivity index (χ0v) is 21.3. The number of allylic oxidation sites excluding steroid dienone is 2. The minimum Gasteiger partial charge on any atom is -0.265 e. The molecule has 1 heterocycles. The molecule has 36 heavy (non-hydrogen) atoms. The molecular formula is C32H29NO2S. The molecular weight excluding hydrogens is 462 g/mol. The molecule has 5 rings (SSSR count). The van der Waals surface area contributed by atoms with Crippen molar-refractivity contribution >= 4 is 21.3 Å². The van der Waals surface area contributed by atoms with Gasteiger partial charge in [0.2, 0.25) is 0 Å². The predicted octanol–water partition coefficient (Wildman–Crippen LogP) is 7.22. The third kappa shape index (κ3) is 4.91. The average molecular weight is 492 g/mol. The van der Waals surface area contributed by atoms with E-state index in [1.165, 1.54) is 0 Å². The highest BCUT2D eigenvalue weighted by Crippen LogP contribution is 2.37.